The molecular formula is C13H24N4O2. The molecule has 0 bridgehead atoms. The number of aryl methyl sites for hydroxylation is 2. The van der Waals surface area contributed by atoms with Crippen molar-refractivity contribution in [2.24, 2.45) is 0 Å². The van der Waals surface area contributed by atoms with Crippen molar-refractivity contribution in [3.05, 3.63) is 17.5 Å². The number of rotatable bonds is 9. The average molecular weight is 268 g/mol. The highest BCUT2D eigenvalue weighted by Crippen LogP contribution is 2.03. The predicted octanol–water partition coefficient (Wildman–Crippen LogP) is 0.454. The molecule has 108 valence electrons. The summed E-state index contributed by atoms with van der Waals surface area (Å²) in [5.74, 6) is 0.0460. The standard InChI is InChI=1S/C13H24N4O2/c1-4-17-12(9-11(2)16-17)10-14-6-5-13(18)15-7-8-19-3/h9,14H,4-8,10H2,1-3H3,(H,15,18). The molecule has 0 fully saturated rings. The van der Waals surface area contributed by atoms with E-state index in [4.69, 9.17) is 4.74 Å². The minimum atomic E-state index is 0.0460. The van der Waals surface area contributed by atoms with Gasteiger partial charge in [-0.3, -0.25) is 9.48 Å². The normalized spacial score (nSPS) is 10.7. The molecule has 1 heterocycles. The molecule has 2 N–H and O–H groups in total. The van der Waals surface area contributed by atoms with Gasteiger partial charge in [-0.25, -0.2) is 0 Å². The van der Waals surface area contributed by atoms with E-state index in [0.717, 1.165) is 24.5 Å². The number of hydrogen-bond donors (Lipinski definition) is 2. The highest BCUT2D eigenvalue weighted by Gasteiger charge is 2.04. The number of amides is 1. The van der Waals surface area contributed by atoms with Crippen molar-refractivity contribution in [2.75, 3.05) is 26.8 Å². The number of nitrogens with zero attached hydrogens (tertiary/aromatic N) is 2. The van der Waals surface area contributed by atoms with Gasteiger partial charge in [-0.15, -0.1) is 0 Å². The van der Waals surface area contributed by atoms with Crippen molar-refractivity contribution in [3.63, 3.8) is 0 Å². The Morgan fingerprint density at radius 2 is 2.26 bits per heavy atom. The lowest BCUT2D eigenvalue weighted by Crippen LogP contribution is -2.30. The Morgan fingerprint density at radius 3 is 2.95 bits per heavy atom. The quantitative estimate of drug-likeness (QED) is 0.638. The molecule has 0 saturated heterocycles. The number of nitrogens with one attached hydrogen (secondary N) is 2. The third-order valence-corrected chi connectivity index (χ3v) is 2.75. The van der Waals surface area contributed by atoms with E-state index in [9.17, 15) is 4.79 Å². The lowest BCUT2D eigenvalue weighted by atomic mass is 10.3. The fourth-order valence-corrected chi connectivity index (χ4v) is 1.81. The maximum absolute atomic E-state index is 11.4. The molecule has 0 unspecified atom stereocenters. The first-order valence-corrected chi connectivity index (χ1v) is 6.67. The van der Waals surface area contributed by atoms with E-state index in [2.05, 4.69) is 28.7 Å². The van der Waals surface area contributed by atoms with E-state index < -0.39 is 0 Å². The molecule has 1 aromatic rings. The molecule has 0 atom stereocenters. The summed E-state index contributed by atoms with van der Waals surface area (Å²) in [6, 6.07) is 2.06. The highest BCUT2D eigenvalue weighted by atomic mass is 16.5. The number of aromatic nitrogens is 2. The first-order chi connectivity index (χ1) is 9.17. The zero-order valence-electron chi connectivity index (χ0n) is 12.0. The van der Waals surface area contributed by atoms with Crippen LogP contribution < -0.4 is 10.6 Å². The summed E-state index contributed by atoms with van der Waals surface area (Å²) in [6.45, 7) is 7.43. The summed E-state index contributed by atoms with van der Waals surface area (Å²) in [6.07, 6.45) is 0.475. The number of methoxy groups -OCH3 is 1. The van der Waals surface area contributed by atoms with Crippen molar-refractivity contribution in [1.29, 1.82) is 0 Å². The second kappa shape index (κ2) is 8.66. The van der Waals surface area contributed by atoms with Gasteiger partial charge in [0.1, 0.15) is 0 Å². The fourth-order valence-electron chi connectivity index (χ4n) is 1.81. The molecule has 0 aliphatic carbocycles. The van der Waals surface area contributed by atoms with Crippen LogP contribution in [0.25, 0.3) is 0 Å². The van der Waals surface area contributed by atoms with Gasteiger partial charge >= 0.3 is 0 Å². The van der Waals surface area contributed by atoms with E-state index >= 15 is 0 Å². The lowest BCUT2D eigenvalue weighted by Gasteiger charge is -2.07. The number of carbonyl (C=O) groups excluding carboxylic acids is 1. The topological polar surface area (TPSA) is 68.2 Å². The minimum absolute atomic E-state index is 0.0460. The van der Waals surface area contributed by atoms with Crippen molar-refractivity contribution >= 4 is 5.91 Å². The SMILES string of the molecule is CCn1nc(C)cc1CNCCC(=O)NCCOC. The first kappa shape index (κ1) is 15.7. The Balaban J connectivity index is 2.18. The van der Waals surface area contributed by atoms with Gasteiger partial charge in [0.15, 0.2) is 0 Å². The number of hydrogen-bond acceptors (Lipinski definition) is 4. The van der Waals surface area contributed by atoms with Crippen molar-refractivity contribution < 1.29 is 9.53 Å². The van der Waals surface area contributed by atoms with Crippen molar-refractivity contribution in [3.8, 4) is 0 Å². The van der Waals surface area contributed by atoms with Crippen molar-refractivity contribution in [2.45, 2.75) is 33.4 Å². The third-order valence-electron chi connectivity index (χ3n) is 2.75. The van der Waals surface area contributed by atoms with Crippen LogP contribution >= 0.6 is 0 Å². The van der Waals surface area contributed by atoms with Gasteiger partial charge in [-0.1, -0.05) is 0 Å². The third kappa shape index (κ3) is 5.85. The molecule has 0 spiro atoms. The van der Waals surface area contributed by atoms with Gasteiger partial charge in [-0.05, 0) is 19.9 Å². The molecule has 0 aromatic carbocycles. The second-order valence-corrected chi connectivity index (χ2v) is 4.36. The van der Waals surface area contributed by atoms with Crippen molar-refractivity contribution in [1.82, 2.24) is 20.4 Å². The fraction of sp³-hybridized carbons (Fsp3) is 0.692. The highest BCUT2D eigenvalue weighted by molar-refractivity contribution is 5.75. The van der Waals surface area contributed by atoms with Gasteiger partial charge in [0.25, 0.3) is 0 Å². The van der Waals surface area contributed by atoms with Crippen LogP contribution in [0.15, 0.2) is 6.07 Å². The van der Waals surface area contributed by atoms with Gasteiger partial charge in [0.2, 0.25) is 5.91 Å². The van der Waals surface area contributed by atoms with Gasteiger partial charge in [-0.2, -0.15) is 5.10 Å². The summed E-state index contributed by atoms with van der Waals surface area (Å²) < 4.78 is 6.84. The Kier molecular flexibility index (Phi) is 7.14. The zero-order chi connectivity index (χ0) is 14.1. The maximum Gasteiger partial charge on any atom is 0.221 e. The van der Waals surface area contributed by atoms with Crippen LogP contribution in [-0.4, -0.2) is 42.5 Å². The van der Waals surface area contributed by atoms with Gasteiger partial charge in [0, 0.05) is 39.7 Å². The zero-order valence-corrected chi connectivity index (χ0v) is 12.0. The summed E-state index contributed by atoms with van der Waals surface area (Å²) in [5, 5.41) is 10.4. The van der Waals surface area contributed by atoms with E-state index in [1.165, 1.54) is 0 Å². The second-order valence-electron chi connectivity index (χ2n) is 4.36. The molecule has 1 aromatic heterocycles. The molecule has 1 rings (SSSR count). The Bertz CT molecular complexity index is 390. The monoisotopic (exact) mass is 268 g/mol. The Labute approximate surface area is 114 Å². The maximum atomic E-state index is 11.4. The molecule has 6 heteroatoms. The van der Waals surface area contributed by atoms with Crippen LogP contribution in [0.4, 0.5) is 0 Å². The van der Waals surface area contributed by atoms with Crippen LogP contribution in [0.3, 0.4) is 0 Å². The first-order valence-electron chi connectivity index (χ1n) is 6.67. The Hall–Kier alpha value is -1.40. The minimum Gasteiger partial charge on any atom is -0.383 e. The lowest BCUT2D eigenvalue weighted by molar-refractivity contribution is -0.121. The van der Waals surface area contributed by atoms with E-state index in [0.29, 0.717) is 26.1 Å². The number of carbonyl (C=O) groups is 1. The number of ether oxygens (including phenoxy) is 1. The molecule has 0 radical (unpaired) electrons. The Morgan fingerprint density at radius 1 is 1.47 bits per heavy atom. The van der Waals surface area contributed by atoms with Gasteiger partial charge < -0.3 is 15.4 Å². The molecule has 0 aliphatic rings. The molecule has 0 aliphatic heterocycles. The smallest absolute Gasteiger partial charge is 0.221 e. The van der Waals surface area contributed by atoms with Crippen LogP contribution in [0.2, 0.25) is 0 Å². The summed E-state index contributed by atoms with van der Waals surface area (Å²) in [7, 11) is 1.62. The summed E-state index contributed by atoms with van der Waals surface area (Å²) in [4.78, 5) is 11.4. The van der Waals surface area contributed by atoms with E-state index in [-0.39, 0.29) is 5.91 Å². The summed E-state index contributed by atoms with van der Waals surface area (Å²) in [5.41, 5.74) is 2.18. The molecular weight excluding hydrogens is 244 g/mol. The van der Waals surface area contributed by atoms with Crippen LogP contribution in [-0.2, 0) is 22.6 Å². The van der Waals surface area contributed by atoms with Gasteiger partial charge in [0.05, 0.1) is 18.0 Å². The molecule has 0 saturated carbocycles. The van der Waals surface area contributed by atoms with Crippen LogP contribution in [0, 0.1) is 6.92 Å². The molecule has 19 heavy (non-hydrogen) atoms. The van der Waals surface area contributed by atoms with Crippen LogP contribution in [0.1, 0.15) is 24.7 Å². The molecule has 6 nitrogen and oxygen atoms in total. The largest absolute Gasteiger partial charge is 0.383 e. The van der Waals surface area contributed by atoms with Crippen LogP contribution in [0.5, 0.6) is 0 Å². The predicted molar refractivity (Wildman–Crippen MR) is 73.8 cm³/mol. The molecule has 1 amide bonds. The average Bonchev–Trinajstić information content (AvgIpc) is 2.75. The van der Waals surface area contributed by atoms with E-state index in [1.807, 2.05) is 11.6 Å². The summed E-state index contributed by atoms with van der Waals surface area (Å²) >= 11 is 0. The van der Waals surface area contributed by atoms with E-state index in [1.54, 1.807) is 7.11 Å².